The Bertz CT molecular complexity index is 407. The van der Waals surface area contributed by atoms with Gasteiger partial charge in [0.15, 0.2) is 0 Å². The molecule has 0 radical (unpaired) electrons. The third-order valence-corrected chi connectivity index (χ3v) is 3.66. The van der Waals surface area contributed by atoms with Gasteiger partial charge in [0.05, 0.1) is 6.10 Å². The summed E-state index contributed by atoms with van der Waals surface area (Å²) in [6.45, 7) is 3.14. The van der Waals surface area contributed by atoms with Gasteiger partial charge in [0.25, 0.3) is 0 Å². The van der Waals surface area contributed by atoms with Gasteiger partial charge in [-0.3, -0.25) is 9.69 Å². The van der Waals surface area contributed by atoms with Crippen molar-refractivity contribution in [3.05, 3.63) is 35.9 Å². The van der Waals surface area contributed by atoms with Crippen LogP contribution < -0.4 is 0 Å². The van der Waals surface area contributed by atoms with E-state index in [9.17, 15) is 15.0 Å². The first-order valence-electron chi connectivity index (χ1n) is 6.29. The van der Waals surface area contributed by atoms with Crippen LogP contribution in [-0.2, 0) is 4.79 Å². The third-order valence-electron chi connectivity index (χ3n) is 3.66. The van der Waals surface area contributed by atoms with E-state index in [0.29, 0.717) is 13.1 Å². The van der Waals surface area contributed by atoms with Gasteiger partial charge >= 0.3 is 5.97 Å². The van der Waals surface area contributed by atoms with E-state index in [-0.39, 0.29) is 5.92 Å². The first-order chi connectivity index (χ1) is 8.59. The standard InChI is InChI=1S/C14H19NO3/c1-10-7-8-15(9-12(10)16)13(14(17)18)11-5-3-2-4-6-11/h2-6,10,12-13,16H,7-9H2,1H3,(H,17,18). The maximum atomic E-state index is 11.5. The number of carboxylic acid groups (broad SMARTS) is 1. The normalized spacial score (nSPS) is 26.8. The molecule has 4 nitrogen and oxygen atoms in total. The second-order valence-corrected chi connectivity index (χ2v) is 4.98. The summed E-state index contributed by atoms with van der Waals surface area (Å²) in [6.07, 6.45) is 0.391. The van der Waals surface area contributed by atoms with Crippen molar-refractivity contribution in [2.45, 2.75) is 25.5 Å². The first kappa shape index (κ1) is 13.1. The molecule has 2 rings (SSSR count). The smallest absolute Gasteiger partial charge is 0.325 e. The second-order valence-electron chi connectivity index (χ2n) is 4.98. The lowest BCUT2D eigenvalue weighted by atomic mass is 9.93. The van der Waals surface area contributed by atoms with E-state index in [1.807, 2.05) is 42.2 Å². The summed E-state index contributed by atoms with van der Waals surface area (Å²) in [5, 5.41) is 19.3. The van der Waals surface area contributed by atoms with Gasteiger partial charge in [-0.2, -0.15) is 0 Å². The highest BCUT2D eigenvalue weighted by atomic mass is 16.4. The molecule has 4 heteroatoms. The van der Waals surface area contributed by atoms with Crippen molar-refractivity contribution in [2.75, 3.05) is 13.1 Å². The van der Waals surface area contributed by atoms with Crippen LogP contribution in [0.25, 0.3) is 0 Å². The molecular formula is C14H19NO3. The van der Waals surface area contributed by atoms with Crippen molar-refractivity contribution in [1.29, 1.82) is 0 Å². The monoisotopic (exact) mass is 249 g/mol. The van der Waals surface area contributed by atoms with Crippen molar-refractivity contribution in [1.82, 2.24) is 4.90 Å². The lowest BCUT2D eigenvalue weighted by Gasteiger charge is -2.37. The Morgan fingerprint density at radius 3 is 2.61 bits per heavy atom. The number of aliphatic carboxylic acids is 1. The van der Waals surface area contributed by atoms with Gasteiger partial charge in [0, 0.05) is 6.54 Å². The molecule has 0 aliphatic carbocycles. The number of hydrogen-bond donors (Lipinski definition) is 2. The van der Waals surface area contributed by atoms with Crippen LogP contribution in [0.15, 0.2) is 30.3 Å². The molecule has 0 bridgehead atoms. The molecule has 1 heterocycles. The minimum absolute atomic E-state index is 0.242. The summed E-state index contributed by atoms with van der Waals surface area (Å²) in [6, 6.07) is 8.54. The molecule has 1 aliphatic rings. The molecule has 1 aromatic rings. The van der Waals surface area contributed by atoms with E-state index in [2.05, 4.69) is 0 Å². The molecule has 1 saturated heterocycles. The van der Waals surface area contributed by atoms with Gasteiger partial charge in [-0.1, -0.05) is 37.3 Å². The number of likely N-dealkylation sites (tertiary alicyclic amines) is 1. The van der Waals surface area contributed by atoms with Crippen molar-refractivity contribution in [3.8, 4) is 0 Å². The third kappa shape index (κ3) is 2.71. The Morgan fingerprint density at radius 2 is 2.06 bits per heavy atom. The zero-order valence-corrected chi connectivity index (χ0v) is 10.5. The van der Waals surface area contributed by atoms with Crippen LogP contribution in [0, 0.1) is 5.92 Å². The van der Waals surface area contributed by atoms with Crippen molar-refractivity contribution in [3.63, 3.8) is 0 Å². The highest BCUT2D eigenvalue weighted by molar-refractivity contribution is 5.75. The zero-order chi connectivity index (χ0) is 13.1. The number of piperidine rings is 1. The summed E-state index contributed by atoms with van der Waals surface area (Å²) in [7, 11) is 0. The van der Waals surface area contributed by atoms with Crippen LogP contribution in [0.5, 0.6) is 0 Å². The summed E-state index contributed by atoms with van der Waals surface area (Å²) >= 11 is 0. The molecule has 98 valence electrons. The van der Waals surface area contributed by atoms with Crippen molar-refractivity contribution >= 4 is 5.97 Å². The fourth-order valence-corrected chi connectivity index (χ4v) is 2.45. The highest BCUT2D eigenvalue weighted by Gasteiger charge is 2.33. The van der Waals surface area contributed by atoms with Gasteiger partial charge in [0.1, 0.15) is 6.04 Å². The quantitative estimate of drug-likeness (QED) is 0.852. The molecular weight excluding hydrogens is 230 g/mol. The fourth-order valence-electron chi connectivity index (χ4n) is 2.45. The van der Waals surface area contributed by atoms with Gasteiger partial charge in [0.2, 0.25) is 0 Å². The van der Waals surface area contributed by atoms with Gasteiger partial charge in [-0.15, -0.1) is 0 Å². The fraction of sp³-hybridized carbons (Fsp3) is 0.500. The van der Waals surface area contributed by atoms with Crippen LogP contribution in [-0.4, -0.2) is 40.3 Å². The predicted molar refractivity (Wildman–Crippen MR) is 68.2 cm³/mol. The lowest BCUT2D eigenvalue weighted by Crippen LogP contribution is -2.46. The van der Waals surface area contributed by atoms with Crippen molar-refractivity contribution in [2.24, 2.45) is 5.92 Å². The number of benzene rings is 1. The Hall–Kier alpha value is -1.39. The van der Waals surface area contributed by atoms with Crippen LogP contribution in [0.1, 0.15) is 24.9 Å². The number of rotatable bonds is 3. The van der Waals surface area contributed by atoms with E-state index in [1.54, 1.807) is 0 Å². The van der Waals surface area contributed by atoms with E-state index in [1.165, 1.54) is 0 Å². The Balaban J connectivity index is 2.19. The maximum Gasteiger partial charge on any atom is 0.325 e. The van der Waals surface area contributed by atoms with Gasteiger partial charge in [-0.05, 0) is 24.4 Å². The zero-order valence-electron chi connectivity index (χ0n) is 10.5. The number of hydrogen-bond acceptors (Lipinski definition) is 3. The lowest BCUT2D eigenvalue weighted by molar-refractivity contribution is -0.145. The summed E-state index contributed by atoms with van der Waals surface area (Å²) in [5.74, 6) is -0.616. The minimum atomic E-state index is -0.858. The van der Waals surface area contributed by atoms with E-state index in [0.717, 1.165) is 12.0 Å². The van der Waals surface area contributed by atoms with Crippen LogP contribution in [0.3, 0.4) is 0 Å². The number of carbonyl (C=O) groups is 1. The average Bonchev–Trinajstić information content (AvgIpc) is 2.35. The van der Waals surface area contributed by atoms with Crippen LogP contribution in [0.4, 0.5) is 0 Å². The number of aliphatic hydroxyl groups excluding tert-OH is 1. The molecule has 18 heavy (non-hydrogen) atoms. The SMILES string of the molecule is CC1CCN(C(C(=O)O)c2ccccc2)CC1O. The number of carboxylic acids is 1. The molecule has 3 atom stereocenters. The average molecular weight is 249 g/mol. The molecule has 1 aliphatic heterocycles. The second kappa shape index (κ2) is 5.50. The molecule has 0 aromatic heterocycles. The predicted octanol–water partition coefficient (Wildman–Crippen LogP) is 1.51. The molecule has 2 N–H and O–H groups in total. The number of aliphatic hydroxyl groups is 1. The summed E-state index contributed by atoms with van der Waals surface area (Å²) in [4.78, 5) is 13.3. The minimum Gasteiger partial charge on any atom is -0.480 e. The Kier molecular flexibility index (Phi) is 3.99. The van der Waals surface area contributed by atoms with Crippen molar-refractivity contribution < 1.29 is 15.0 Å². The molecule has 0 amide bonds. The van der Waals surface area contributed by atoms with E-state index >= 15 is 0 Å². The Morgan fingerprint density at radius 1 is 1.39 bits per heavy atom. The Labute approximate surface area is 107 Å². The summed E-state index contributed by atoms with van der Waals surface area (Å²) in [5.41, 5.74) is 0.770. The molecule has 3 unspecified atom stereocenters. The molecule has 1 fully saturated rings. The summed E-state index contributed by atoms with van der Waals surface area (Å²) < 4.78 is 0. The van der Waals surface area contributed by atoms with E-state index in [4.69, 9.17) is 0 Å². The van der Waals surface area contributed by atoms with Crippen LogP contribution >= 0.6 is 0 Å². The number of nitrogens with zero attached hydrogens (tertiary/aromatic N) is 1. The van der Waals surface area contributed by atoms with Crippen LogP contribution in [0.2, 0.25) is 0 Å². The van der Waals surface area contributed by atoms with Gasteiger partial charge < -0.3 is 10.2 Å². The van der Waals surface area contributed by atoms with Gasteiger partial charge in [-0.25, -0.2) is 0 Å². The number of β-amino-alcohol motifs (C(OH)–C–C–N with tert-alkyl or cyclic N) is 1. The molecule has 0 spiro atoms. The largest absolute Gasteiger partial charge is 0.480 e. The topological polar surface area (TPSA) is 60.8 Å². The maximum absolute atomic E-state index is 11.5. The molecule has 1 aromatic carbocycles. The molecule has 0 saturated carbocycles. The highest BCUT2D eigenvalue weighted by Crippen LogP contribution is 2.27. The first-order valence-corrected chi connectivity index (χ1v) is 6.29. The van der Waals surface area contributed by atoms with E-state index < -0.39 is 18.1 Å².